The maximum atomic E-state index is 12.2. The molecule has 7 heteroatoms. The van der Waals surface area contributed by atoms with Gasteiger partial charge in [-0.05, 0) is 20.8 Å². The molecular weight excluding hydrogens is 262 g/mol. The van der Waals surface area contributed by atoms with Crippen LogP contribution in [0.3, 0.4) is 0 Å². The molecule has 2 rings (SSSR count). The van der Waals surface area contributed by atoms with E-state index in [9.17, 15) is 4.79 Å². The fourth-order valence-corrected chi connectivity index (χ4v) is 2.96. The van der Waals surface area contributed by atoms with Crippen molar-refractivity contribution in [3.05, 3.63) is 5.69 Å². The Labute approximate surface area is 117 Å². The molecule has 1 aromatic heterocycles. The van der Waals surface area contributed by atoms with Gasteiger partial charge in [-0.1, -0.05) is 4.49 Å². The fourth-order valence-electron chi connectivity index (χ4n) is 2.32. The van der Waals surface area contributed by atoms with Gasteiger partial charge in [0.15, 0.2) is 0 Å². The van der Waals surface area contributed by atoms with Crippen molar-refractivity contribution < 1.29 is 4.79 Å². The Balaban J connectivity index is 2.14. The van der Waals surface area contributed by atoms with E-state index in [-0.39, 0.29) is 5.91 Å². The molecule has 1 aliphatic rings. The minimum absolute atomic E-state index is 0.159. The van der Waals surface area contributed by atoms with Gasteiger partial charge in [-0.25, -0.2) is 0 Å². The predicted octanol–water partition coefficient (Wildman–Crippen LogP) is 1.02. The molecule has 1 aliphatic heterocycles. The van der Waals surface area contributed by atoms with Gasteiger partial charge in [-0.2, -0.15) is 0 Å². The van der Waals surface area contributed by atoms with Crippen LogP contribution >= 0.6 is 11.5 Å². The number of aromatic nitrogens is 2. The molecule has 1 fully saturated rings. The van der Waals surface area contributed by atoms with E-state index in [1.165, 1.54) is 11.5 Å². The summed E-state index contributed by atoms with van der Waals surface area (Å²) in [7, 11) is 1.86. The Kier molecular flexibility index (Phi) is 4.05. The highest BCUT2D eigenvalue weighted by molar-refractivity contribution is 7.10. The van der Waals surface area contributed by atoms with Gasteiger partial charge in [0.05, 0.1) is 5.54 Å². The smallest absolute Gasteiger partial charge is 0.242 e. The summed E-state index contributed by atoms with van der Waals surface area (Å²) in [6.45, 7) is 9.12. The van der Waals surface area contributed by atoms with Gasteiger partial charge in [0.1, 0.15) is 10.7 Å². The van der Waals surface area contributed by atoms with Gasteiger partial charge in [0.2, 0.25) is 5.91 Å². The molecule has 0 unspecified atom stereocenters. The molecule has 1 saturated heterocycles. The SMILES string of the molecule is CCNc1snnc1CN1CCN(C)C(=O)C1(C)C. The predicted molar refractivity (Wildman–Crippen MR) is 76.2 cm³/mol. The van der Waals surface area contributed by atoms with Crippen LogP contribution in [0.25, 0.3) is 0 Å². The van der Waals surface area contributed by atoms with E-state index in [2.05, 4.69) is 19.8 Å². The van der Waals surface area contributed by atoms with Crippen molar-refractivity contribution in [1.82, 2.24) is 19.4 Å². The lowest BCUT2D eigenvalue weighted by atomic mass is 9.97. The van der Waals surface area contributed by atoms with Crippen LogP contribution in [-0.2, 0) is 11.3 Å². The molecule has 0 bridgehead atoms. The van der Waals surface area contributed by atoms with E-state index in [4.69, 9.17) is 0 Å². The van der Waals surface area contributed by atoms with E-state index in [1.54, 1.807) is 4.90 Å². The first-order valence-electron chi connectivity index (χ1n) is 6.52. The van der Waals surface area contributed by atoms with Crippen molar-refractivity contribution in [2.75, 3.05) is 32.0 Å². The summed E-state index contributed by atoms with van der Waals surface area (Å²) in [5.74, 6) is 0.159. The van der Waals surface area contributed by atoms with Crippen molar-refractivity contribution in [3.63, 3.8) is 0 Å². The van der Waals surface area contributed by atoms with E-state index in [1.807, 2.05) is 27.8 Å². The second kappa shape index (κ2) is 5.42. The van der Waals surface area contributed by atoms with Crippen molar-refractivity contribution in [2.24, 2.45) is 0 Å². The summed E-state index contributed by atoms with van der Waals surface area (Å²) >= 11 is 1.37. The Morgan fingerprint density at radius 2 is 2.16 bits per heavy atom. The first kappa shape index (κ1) is 14.2. The Morgan fingerprint density at radius 1 is 1.42 bits per heavy atom. The molecule has 0 spiro atoms. The highest BCUT2D eigenvalue weighted by Crippen LogP contribution is 2.26. The average Bonchev–Trinajstić information content (AvgIpc) is 2.79. The number of likely N-dealkylation sites (N-methyl/N-ethyl adjacent to an activating group) is 1. The first-order valence-corrected chi connectivity index (χ1v) is 7.30. The minimum Gasteiger partial charge on any atom is -0.374 e. The summed E-state index contributed by atoms with van der Waals surface area (Å²) in [5, 5.41) is 8.45. The van der Waals surface area contributed by atoms with Crippen LogP contribution in [0.2, 0.25) is 0 Å². The van der Waals surface area contributed by atoms with E-state index in [0.29, 0.717) is 6.54 Å². The van der Waals surface area contributed by atoms with Gasteiger partial charge in [0, 0.05) is 44.8 Å². The molecule has 0 atom stereocenters. The number of carbonyl (C=O) groups is 1. The van der Waals surface area contributed by atoms with Gasteiger partial charge < -0.3 is 10.2 Å². The van der Waals surface area contributed by atoms with Crippen LogP contribution in [0, 0.1) is 0 Å². The Morgan fingerprint density at radius 3 is 2.84 bits per heavy atom. The third-order valence-electron chi connectivity index (χ3n) is 3.60. The number of carbonyl (C=O) groups excluding carboxylic acids is 1. The second-order valence-electron chi connectivity index (χ2n) is 5.29. The molecule has 1 amide bonds. The van der Waals surface area contributed by atoms with Crippen LogP contribution in [-0.4, -0.2) is 57.5 Å². The number of anilines is 1. The molecule has 1 aromatic rings. The van der Waals surface area contributed by atoms with Crippen LogP contribution in [0.1, 0.15) is 26.5 Å². The highest BCUT2D eigenvalue weighted by atomic mass is 32.1. The van der Waals surface area contributed by atoms with Crippen LogP contribution in [0.15, 0.2) is 0 Å². The Hall–Kier alpha value is -1.21. The summed E-state index contributed by atoms with van der Waals surface area (Å²) in [6, 6.07) is 0. The monoisotopic (exact) mass is 283 g/mol. The average molecular weight is 283 g/mol. The number of nitrogens with one attached hydrogen (secondary N) is 1. The fraction of sp³-hybridized carbons (Fsp3) is 0.750. The molecule has 0 aliphatic carbocycles. The standard InChI is InChI=1S/C12H21N5OS/c1-5-13-10-9(14-15-19-10)8-17-7-6-16(4)11(18)12(17,2)3/h13H,5-8H2,1-4H3. The second-order valence-corrected chi connectivity index (χ2v) is 6.04. The summed E-state index contributed by atoms with van der Waals surface area (Å²) in [5.41, 5.74) is 0.442. The van der Waals surface area contributed by atoms with E-state index < -0.39 is 5.54 Å². The van der Waals surface area contributed by atoms with Crippen molar-refractivity contribution >= 4 is 22.4 Å². The van der Waals surface area contributed by atoms with Crippen LogP contribution < -0.4 is 5.32 Å². The number of nitrogens with zero attached hydrogens (tertiary/aromatic N) is 4. The number of hydrogen-bond donors (Lipinski definition) is 1. The maximum Gasteiger partial charge on any atom is 0.242 e. The minimum atomic E-state index is -0.486. The van der Waals surface area contributed by atoms with Gasteiger partial charge in [-0.3, -0.25) is 9.69 Å². The summed E-state index contributed by atoms with van der Waals surface area (Å²) in [4.78, 5) is 16.2. The molecule has 19 heavy (non-hydrogen) atoms. The topological polar surface area (TPSA) is 61.4 Å². The summed E-state index contributed by atoms with van der Waals surface area (Å²) < 4.78 is 4.00. The molecule has 1 N–H and O–H groups in total. The molecule has 6 nitrogen and oxygen atoms in total. The molecule has 0 radical (unpaired) electrons. The van der Waals surface area contributed by atoms with Crippen molar-refractivity contribution in [2.45, 2.75) is 32.9 Å². The third-order valence-corrected chi connectivity index (χ3v) is 4.33. The lowest BCUT2D eigenvalue weighted by Crippen LogP contribution is -2.61. The normalized spacial score (nSPS) is 19.8. The van der Waals surface area contributed by atoms with Gasteiger partial charge >= 0.3 is 0 Å². The van der Waals surface area contributed by atoms with E-state index in [0.717, 1.165) is 30.3 Å². The zero-order chi connectivity index (χ0) is 14.0. The van der Waals surface area contributed by atoms with Crippen LogP contribution in [0.4, 0.5) is 5.00 Å². The lowest BCUT2D eigenvalue weighted by molar-refractivity contribution is -0.147. The van der Waals surface area contributed by atoms with Crippen LogP contribution in [0.5, 0.6) is 0 Å². The van der Waals surface area contributed by atoms with Gasteiger partial charge in [-0.15, -0.1) is 5.10 Å². The van der Waals surface area contributed by atoms with Gasteiger partial charge in [0.25, 0.3) is 0 Å². The van der Waals surface area contributed by atoms with E-state index >= 15 is 0 Å². The number of rotatable bonds is 4. The molecule has 0 aromatic carbocycles. The molecular formula is C12H21N5OS. The molecule has 106 valence electrons. The summed E-state index contributed by atoms with van der Waals surface area (Å²) in [6.07, 6.45) is 0. The number of hydrogen-bond acceptors (Lipinski definition) is 6. The number of piperazine rings is 1. The molecule has 0 saturated carbocycles. The highest BCUT2D eigenvalue weighted by Gasteiger charge is 2.40. The van der Waals surface area contributed by atoms with Crippen molar-refractivity contribution in [3.8, 4) is 0 Å². The maximum absolute atomic E-state index is 12.2. The molecule has 2 heterocycles. The lowest BCUT2D eigenvalue weighted by Gasteiger charge is -2.44. The number of amides is 1. The third kappa shape index (κ3) is 2.71. The zero-order valence-corrected chi connectivity index (χ0v) is 12.8. The first-order chi connectivity index (χ1) is 8.96. The largest absolute Gasteiger partial charge is 0.374 e. The zero-order valence-electron chi connectivity index (χ0n) is 11.9. The van der Waals surface area contributed by atoms with Crippen molar-refractivity contribution in [1.29, 1.82) is 0 Å². The Bertz CT molecular complexity index is 459. The quantitative estimate of drug-likeness (QED) is 0.894.